The molecule has 0 spiro atoms. The lowest BCUT2D eigenvalue weighted by molar-refractivity contribution is -0.196. The Morgan fingerprint density at radius 3 is 2.22 bits per heavy atom. The molecule has 10 heteroatoms. The molecule has 1 heterocycles. The molecular formula is C26H22F3N3O4. The molecule has 1 unspecified atom stereocenters. The Hall–Kier alpha value is -4.34. The average molecular weight is 497 g/mol. The highest BCUT2D eigenvalue weighted by atomic mass is 19.4. The molecule has 4 rings (SSSR count). The molecular weight excluding hydrogens is 475 g/mol. The summed E-state index contributed by atoms with van der Waals surface area (Å²) in [6, 6.07) is 20.2. The second-order valence-corrected chi connectivity index (χ2v) is 7.94. The van der Waals surface area contributed by atoms with Crippen LogP contribution in [0.3, 0.4) is 0 Å². The quantitative estimate of drug-likeness (QED) is 0.531. The first-order valence-electron chi connectivity index (χ1n) is 10.8. The van der Waals surface area contributed by atoms with E-state index < -0.39 is 23.7 Å². The molecule has 186 valence electrons. The third kappa shape index (κ3) is 4.61. The van der Waals surface area contributed by atoms with Crippen LogP contribution in [0, 0.1) is 0 Å². The average Bonchev–Trinajstić information content (AvgIpc) is 3.17. The van der Waals surface area contributed by atoms with E-state index in [0.29, 0.717) is 16.9 Å². The molecule has 0 aromatic heterocycles. The summed E-state index contributed by atoms with van der Waals surface area (Å²) in [6.07, 6.45) is -5.23. The summed E-state index contributed by atoms with van der Waals surface area (Å²) in [7, 11) is 2.85. The third-order valence-corrected chi connectivity index (χ3v) is 5.65. The van der Waals surface area contributed by atoms with Gasteiger partial charge in [0.15, 0.2) is 0 Å². The number of amides is 2. The van der Waals surface area contributed by atoms with Crippen LogP contribution >= 0.6 is 0 Å². The largest absolute Gasteiger partial charge is 0.497 e. The topological polar surface area (TPSA) is 80.2 Å². The van der Waals surface area contributed by atoms with Gasteiger partial charge in [0.25, 0.3) is 11.8 Å². The molecule has 1 aliphatic heterocycles. The molecule has 0 saturated carbocycles. The van der Waals surface area contributed by atoms with Crippen LogP contribution in [0.15, 0.2) is 83.9 Å². The number of halogens is 3. The zero-order valence-corrected chi connectivity index (χ0v) is 19.4. The smallest absolute Gasteiger partial charge is 0.442 e. The molecule has 36 heavy (non-hydrogen) atoms. The minimum Gasteiger partial charge on any atom is -0.497 e. The summed E-state index contributed by atoms with van der Waals surface area (Å²) in [5.41, 5.74) is -2.79. The molecule has 0 fully saturated rings. The molecule has 3 aromatic carbocycles. The predicted octanol–water partition coefficient (Wildman–Crippen LogP) is 4.18. The summed E-state index contributed by atoms with van der Waals surface area (Å²) in [6.45, 7) is -0.205. The van der Waals surface area contributed by atoms with E-state index in [1.807, 2.05) is 5.32 Å². The molecule has 1 aliphatic rings. The van der Waals surface area contributed by atoms with Gasteiger partial charge in [0, 0.05) is 11.1 Å². The fraction of sp³-hybridized carbons (Fsp3) is 0.192. The Balaban J connectivity index is 1.78. The number of rotatable bonds is 7. The van der Waals surface area contributed by atoms with Crippen molar-refractivity contribution >= 4 is 17.6 Å². The van der Waals surface area contributed by atoms with Gasteiger partial charge in [-0.05, 0) is 35.9 Å². The van der Waals surface area contributed by atoms with Gasteiger partial charge >= 0.3 is 11.8 Å². The number of carbonyl (C=O) groups excluding carboxylic acids is 2. The van der Waals surface area contributed by atoms with Gasteiger partial charge in [-0.15, -0.1) is 0 Å². The van der Waals surface area contributed by atoms with Gasteiger partial charge in [0.2, 0.25) is 0 Å². The van der Waals surface area contributed by atoms with Gasteiger partial charge in [-0.1, -0.05) is 48.5 Å². The van der Waals surface area contributed by atoms with E-state index in [4.69, 9.17) is 9.47 Å². The molecule has 7 nitrogen and oxygen atoms in total. The number of nitrogens with one attached hydrogen (secondary N) is 1. The van der Waals surface area contributed by atoms with Crippen LogP contribution in [0.1, 0.15) is 21.5 Å². The van der Waals surface area contributed by atoms with Crippen molar-refractivity contribution in [3.63, 3.8) is 0 Å². The number of nitrogens with zero attached hydrogens (tertiary/aromatic N) is 2. The van der Waals surface area contributed by atoms with Crippen molar-refractivity contribution < 1.29 is 32.2 Å². The summed E-state index contributed by atoms with van der Waals surface area (Å²) >= 11 is 0. The lowest BCUT2D eigenvalue weighted by atomic mass is 10.1. The van der Waals surface area contributed by atoms with E-state index in [9.17, 15) is 22.8 Å². The third-order valence-electron chi connectivity index (χ3n) is 5.65. The SMILES string of the molecule is COc1ccc(CN2C(=O)C(NC(=O)c3cccc(OC)c3)(C(F)(F)F)N=C2c2ccccc2)cc1. The predicted molar refractivity (Wildman–Crippen MR) is 126 cm³/mol. The molecule has 0 bridgehead atoms. The summed E-state index contributed by atoms with van der Waals surface area (Å²) in [5.74, 6) is -1.92. The number of carbonyl (C=O) groups is 2. The lowest BCUT2D eigenvalue weighted by Crippen LogP contribution is -2.63. The Morgan fingerprint density at radius 2 is 1.61 bits per heavy atom. The van der Waals surface area contributed by atoms with Crippen LogP contribution in [0.25, 0.3) is 0 Å². The van der Waals surface area contributed by atoms with Crippen LogP contribution < -0.4 is 14.8 Å². The highest BCUT2D eigenvalue weighted by Crippen LogP contribution is 2.39. The van der Waals surface area contributed by atoms with Crippen molar-refractivity contribution in [3.05, 3.63) is 95.6 Å². The number of amidine groups is 1. The van der Waals surface area contributed by atoms with Crippen LogP contribution in [0.4, 0.5) is 13.2 Å². The molecule has 2 amide bonds. The van der Waals surface area contributed by atoms with Crippen LogP contribution in [-0.4, -0.2) is 48.6 Å². The second kappa shape index (κ2) is 9.73. The zero-order valence-electron chi connectivity index (χ0n) is 19.4. The van der Waals surface area contributed by atoms with Crippen molar-refractivity contribution in [2.24, 2.45) is 4.99 Å². The van der Waals surface area contributed by atoms with Crippen molar-refractivity contribution in [1.82, 2.24) is 10.2 Å². The molecule has 3 aromatic rings. The number of hydrogen-bond donors (Lipinski definition) is 1. The first-order chi connectivity index (χ1) is 17.2. The summed E-state index contributed by atoms with van der Waals surface area (Å²) in [5, 5.41) is 1.87. The van der Waals surface area contributed by atoms with E-state index in [0.717, 1.165) is 4.90 Å². The van der Waals surface area contributed by atoms with Gasteiger partial charge in [-0.25, -0.2) is 4.99 Å². The van der Waals surface area contributed by atoms with Crippen LogP contribution in [-0.2, 0) is 11.3 Å². The molecule has 0 aliphatic carbocycles. The highest BCUT2D eigenvalue weighted by molar-refractivity contribution is 6.16. The molecule has 0 radical (unpaired) electrons. The van der Waals surface area contributed by atoms with Gasteiger partial charge in [0.1, 0.15) is 17.3 Å². The number of methoxy groups -OCH3 is 2. The maximum atomic E-state index is 14.6. The molecule has 1 N–H and O–H groups in total. The lowest BCUT2D eigenvalue weighted by Gasteiger charge is -2.29. The van der Waals surface area contributed by atoms with Crippen molar-refractivity contribution in [3.8, 4) is 11.5 Å². The van der Waals surface area contributed by atoms with Gasteiger partial charge in [-0.2, -0.15) is 13.2 Å². The minimum absolute atomic E-state index is 0.115. The fourth-order valence-corrected chi connectivity index (χ4v) is 3.76. The van der Waals surface area contributed by atoms with E-state index in [1.165, 1.54) is 32.4 Å². The first-order valence-corrected chi connectivity index (χ1v) is 10.8. The Kier molecular flexibility index (Phi) is 6.69. The Morgan fingerprint density at radius 1 is 0.944 bits per heavy atom. The van der Waals surface area contributed by atoms with E-state index in [-0.39, 0.29) is 23.7 Å². The first kappa shape index (κ1) is 24.8. The normalized spacial score (nSPS) is 17.5. The Bertz CT molecular complexity index is 1290. The fourth-order valence-electron chi connectivity index (χ4n) is 3.76. The maximum Gasteiger partial charge on any atom is 0.442 e. The summed E-state index contributed by atoms with van der Waals surface area (Å²) < 4.78 is 53.9. The second-order valence-electron chi connectivity index (χ2n) is 7.94. The monoisotopic (exact) mass is 497 g/mol. The molecule has 0 saturated heterocycles. The van der Waals surface area contributed by atoms with E-state index in [2.05, 4.69) is 4.99 Å². The van der Waals surface area contributed by atoms with Gasteiger partial charge in [-0.3, -0.25) is 14.5 Å². The standard InChI is InChI=1S/C26H22F3N3O4/c1-35-20-13-11-17(12-14-20)16-32-22(18-7-4-3-5-8-18)30-25(24(32)34,26(27,28)29)31-23(33)19-9-6-10-21(15-19)36-2/h3-15H,16H2,1-2H3,(H,31,33). The van der Waals surface area contributed by atoms with Gasteiger partial charge in [0.05, 0.1) is 20.8 Å². The minimum atomic E-state index is -5.23. The van der Waals surface area contributed by atoms with Crippen molar-refractivity contribution in [1.29, 1.82) is 0 Å². The molecule has 1 atom stereocenters. The van der Waals surface area contributed by atoms with Crippen molar-refractivity contribution in [2.45, 2.75) is 18.4 Å². The van der Waals surface area contributed by atoms with Crippen molar-refractivity contribution in [2.75, 3.05) is 14.2 Å². The number of aliphatic imine (C=N–C) groups is 1. The van der Waals surface area contributed by atoms with E-state index in [1.54, 1.807) is 60.7 Å². The van der Waals surface area contributed by atoms with Gasteiger partial charge < -0.3 is 14.8 Å². The zero-order chi connectivity index (χ0) is 25.9. The number of benzene rings is 3. The highest BCUT2D eigenvalue weighted by Gasteiger charge is 2.67. The number of alkyl halides is 3. The van der Waals surface area contributed by atoms with E-state index >= 15 is 0 Å². The summed E-state index contributed by atoms with van der Waals surface area (Å²) in [4.78, 5) is 31.2. The van der Waals surface area contributed by atoms with Crippen LogP contribution in [0.2, 0.25) is 0 Å². The number of hydrogen-bond acceptors (Lipinski definition) is 5. The maximum absolute atomic E-state index is 14.6. The number of ether oxygens (including phenoxy) is 2. The van der Waals surface area contributed by atoms with Crippen LogP contribution in [0.5, 0.6) is 11.5 Å². The Labute approximate surface area is 205 Å².